The topological polar surface area (TPSA) is 327 Å². The molecule has 0 spiro atoms. The number of nitrogens with two attached hydrogens (primary N) is 2. The number of carbonyl (C=O) groups is 2. The van der Waals surface area contributed by atoms with Crippen molar-refractivity contribution in [2.75, 3.05) is 19.8 Å². The van der Waals surface area contributed by atoms with Gasteiger partial charge >= 0.3 is 11.9 Å². The van der Waals surface area contributed by atoms with Crippen LogP contribution in [0.15, 0.2) is 0 Å². The first-order valence-electron chi connectivity index (χ1n) is 11.3. The Labute approximate surface area is 213 Å². The molecular weight excluding hydrogens is 508 g/mol. The van der Waals surface area contributed by atoms with Gasteiger partial charge in [0.15, 0.2) is 12.6 Å². The van der Waals surface area contributed by atoms with Gasteiger partial charge in [-0.15, -0.1) is 0 Å². The van der Waals surface area contributed by atoms with Gasteiger partial charge in [0.1, 0.15) is 48.7 Å². The average molecular weight is 551 g/mol. The molecule has 0 aromatic rings. The Morgan fingerprint density at radius 2 is 1.16 bits per heavy atom. The standard InChI is InChI=1S/C6H13NO2.2C5H10O5.C4H9NO3/c1-3-4(2)5(7)6(8)9;2*6-2-1-10-5(9)4(8)3(2)7;5-3(1-2-6)4(7)8/h4-5H,3,7H2,1-2H3,(H,8,9);2*2-9H,1H2;3,6H,1-2,5H2,(H,7,8)/t4-,5-;;;3-/m0..0/s1. The fraction of sp³-hybridized carbons (Fsp3) is 0.900. The number of aliphatic carboxylic acids is 2. The summed E-state index contributed by atoms with van der Waals surface area (Å²) >= 11 is 0. The second-order valence-corrected chi connectivity index (χ2v) is 8.25. The van der Waals surface area contributed by atoms with Crippen LogP contribution in [0.3, 0.4) is 0 Å². The van der Waals surface area contributed by atoms with Crippen LogP contribution >= 0.6 is 0 Å². The molecule has 2 aliphatic heterocycles. The lowest BCUT2D eigenvalue weighted by Gasteiger charge is -2.31. The van der Waals surface area contributed by atoms with Crippen molar-refractivity contribution in [2.24, 2.45) is 17.4 Å². The number of hydrogen-bond acceptors (Lipinski definition) is 15. The van der Waals surface area contributed by atoms with Crippen LogP contribution in [0.2, 0.25) is 0 Å². The van der Waals surface area contributed by atoms with E-state index in [-0.39, 0.29) is 32.2 Å². The van der Waals surface area contributed by atoms with Crippen LogP contribution in [0.4, 0.5) is 0 Å². The van der Waals surface area contributed by atoms with Gasteiger partial charge in [0.25, 0.3) is 0 Å². The van der Waals surface area contributed by atoms with E-state index >= 15 is 0 Å². The van der Waals surface area contributed by atoms with Crippen molar-refractivity contribution < 1.29 is 75.2 Å². The van der Waals surface area contributed by atoms with E-state index in [9.17, 15) is 9.59 Å². The molecule has 17 nitrogen and oxygen atoms in total. The number of ether oxygens (including phenoxy) is 2. The summed E-state index contributed by atoms with van der Waals surface area (Å²) in [4.78, 5) is 20.0. The zero-order chi connectivity index (χ0) is 29.5. The summed E-state index contributed by atoms with van der Waals surface area (Å²) in [6, 6.07) is -1.62. The molecule has 0 aromatic heterocycles. The monoisotopic (exact) mass is 550 g/mol. The third-order valence-corrected chi connectivity index (χ3v) is 5.25. The second kappa shape index (κ2) is 19.5. The quantitative estimate of drug-likeness (QED) is 0.146. The highest BCUT2D eigenvalue weighted by Gasteiger charge is 2.37. The number of carboxylic acids is 2. The van der Waals surface area contributed by atoms with Crippen molar-refractivity contribution in [2.45, 2.75) is 88.0 Å². The SMILES string of the molecule is CC[C@H](C)[C@H](N)C(=O)O.N[C@@H](CCO)C(=O)O.OC1COC(O)C(O)C1O.OC1COC(O)C(O)C1O. The van der Waals surface area contributed by atoms with Gasteiger partial charge in [-0.1, -0.05) is 20.3 Å². The zero-order valence-electron chi connectivity index (χ0n) is 20.6. The molecule has 17 heteroatoms. The maximum Gasteiger partial charge on any atom is 0.320 e. The minimum Gasteiger partial charge on any atom is -0.480 e. The summed E-state index contributed by atoms with van der Waals surface area (Å²) < 4.78 is 8.94. The molecule has 0 aromatic carbocycles. The fourth-order valence-electron chi connectivity index (χ4n) is 2.34. The van der Waals surface area contributed by atoms with Gasteiger partial charge in [-0.05, 0) is 12.3 Å². The number of rotatable bonds is 6. The molecule has 0 saturated carbocycles. The van der Waals surface area contributed by atoms with E-state index in [4.69, 9.17) is 67.6 Å². The van der Waals surface area contributed by atoms with Crippen LogP contribution in [0, 0.1) is 5.92 Å². The van der Waals surface area contributed by atoms with Crippen molar-refractivity contribution in [3.63, 3.8) is 0 Å². The third-order valence-electron chi connectivity index (χ3n) is 5.25. The van der Waals surface area contributed by atoms with Gasteiger partial charge in [0, 0.05) is 6.61 Å². The van der Waals surface area contributed by atoms with Crippen molar-refractivity contribution in [3.8, 4) is 0 Å². The van der Waals surface area contributed by atoms with E-state index in [1.165, 1.54) is 0 Å². The summed E-state index contributed by atoms with van der Waals surface area (Å²) in [7, 11) is 0. The van der Waals surface area contributed by atoms with E-state index < -0.39 is 73.2 Å². The van der Waals surface area contributed by atoms with Gasteiger partial charge in [-0.2, -0.15) is 0 Å². The molecule has 0 amide bonds. The Hall–Kier alpha value is -1.58. The van der Waals surface area contributed by atoms with Crippen LogP contribution in [0.25, 0.3) is 0 Å². The molecule has 0 bridgehead atoms. The van der Waals surface area contributed by atoms with E-state index in [2.05, 4.69) is 9.47 Å². The molecule has 0 aliphatic carbocycles. The molecule has 11 atom stereocenters. The normalized spacial score (nSPS) is 33.5. The second-order valence-electron chi connectivity index (χ2n) is 8.25. The molecule has 2 rings (SSSR count). The average Bonchev–Trinajstić information content (AvgIpc) is 2.86. The molecule has 8 unspecified atom stereocenters. The molecule has 37 heavy (non-hydrogen) atoms. The van der Waals surface area contributed by atoms with Gasteiger partial charge in [-0.25, -0.2) is 0 Å². The van der Waals surface area contributed by atoms with Crippen molar-refractivity contribution in [3.05, 3.63) is 0 Å². The molecular formula is C20H42N2O15. The first-order valence-corrected chi connectivity index (χ1v) is 11.3. The van der Waals surface area contributed by atoms with E-state index in [0.717, 1.165) is 6.42 Å². The summed E-state index contributed by atoms with van der Waals surface area (Å²) in [5, 5.41) is 95.1. The highest BCUT2D eigenvalue weighted by Crippen LogP contribution is 2.13. The Balaban J connectivity index is 0. The molecule has 222 valence electrons. The predicted octanol–water partition coefficient (Wildman–Crippen LogP) is -5.94. The van der Waals surface area contributed by atoms with Crippen LogP contribution in [-0.2, 0) is 19.1 Å². The summed E-state index contributed by atoms with van der Waals surface area (Å²) in [6.45, 7) is 3.28. The lowest BCUT2D eigenvalue weighted by Crippen LogP contribution is -2.52. The molecule has 2 saturated heterocycles. The lowest BCUT2D eigenvalue weighted by molar-refractivity contribution is -0.252. The first kappa shape index (κ1) is 37.6. The van der Waals surface area contributed by atoms with Crippen LogP contribution < -0.4 is 11.5 Å². The van der Waals surface area contributed by atoms with Gasteiger partial charge < -0.3 is 77.1 Å². The number of aliphatic hydroxyl groups is 9. The molecule has 2 fully saturated rings. The minimum absolute atomic E-state index is 0.0718. The van der Waals surface area contributed by atoms with Gasteiger partial charge in [0.05, 0.1) is 13.2 Å². The Morgan fingerprint density at radius 1 is 0.784 bits per heavy atom. The minimum atomic E-state index is -1.41. The van der Waals surface area contributed by atoms with Gasteiger partial charge in [0.2, 0.25) is 0 Å². The summed E-state index contributed by atoms with van der Waals surface area (Å²) in [6.07, 6.45) is -9.53. The largest absolute Gasteiger partial charge is 0.480 e. The highest BCUT2D eigenvalue weighted by molar-refractivity contribution is 5.73. The predicted molar refractivity (Wildman–Crippen MR) is 122 cm³/mol. The molecule has 2 heterocycles. The van der Waals surface area contributed by atoms with Gasteiger partial charge in [-0.3, -0.25) is 9.59 Å². The summed E-state index contributed by atoms with van der Waals surface area (Å²) in [5.74, 6) is -1.91. The summed E-state index contributed by atoms with van der Waals surface area (Å²) in [5.41, 5.74) is 10.2. The molecule has 0 radical (unpaired) electrons. The lowest BCUT2D eigenvalue weighted by atomic mass is 10.0. The Kier molecular flexibility index (Phi) is 19.8. The maximum absolute atomic E-state index is 10.2. The maximum atomic E-state index is 10.2. The highest BCUT2D eigenvalue weighted by atomic mass is 16.6. The van der Waals surface area contributed by atoms with Crippen LogP contribution in [0.1, 0.15) is 26.7 Å². The van der Waals surface area contributed by atoms with Crippen molar-refractivity contribution >= 4 is 11.9 Å². The Morgan fingerprint density at radius 3 is 1.35 bits per heavy atom. The number of hydrogen-bond donors (Lipinski definition) is 13. The first-order chi connectivity index (χ1) is 17.0. The van der Waals surface area contributed by atoms with E-state index in [1.54, 1.807) is 0 Å². The van der Waals surface area contributed by atoms with Crippen molar-refractivity contribution in [1.29, 1.82) is 0 Å². The number of aliphatic hydroxyl groups excluding tert-OH is 9. The van der Waals surface area contributed by atoms with Crippen LogP contribution in [0.5, 0.6) is 0 Å². The Bertz CT molecular complexity index is 575. The molecule has 2 aliphatic rings. The number of carboxylic acid groups (broad SMARTS) is 2. The molecule has 15 N–H and O–H groups in total. The van der Waals surface area contributed by atoms with E-state index in [1.807, 2.05) is 13.8 Å². The van der Waals surface area contributed by atoms with Crippen molar-refractivity contribution in [1.82, 2.24) is 0 Å². The van der Waals surface area contributed by atoms with Crippen LogP contribution in [-0.4, -0.2) is 149 Å². The zero-order valence-corrected chi connectivity index (χ0v) is 20.6. The van der Waals surface area contributed by atoms with E-state index in [0.29, 0.717) is 0 Å². The smallest absolute Gasteiger partial charge is 0.320 e. The fourth-order valence-corrected chi connectivity index (χ4v) is 2.34. The third kappa shape index (κ3) is 14.8.